The van der Waals surface area contributed by atoms with Gasteiger partial charge in [0.15, 0.2) is 0 Å². The molecule has 1 aromatic rings. The van der Waals surface area contributed by atoms with Gasteiger partial charge in [-0.15, -0.1) is 0 Å². The van der Waals surface area contributed by atoms with Crippen molar-refractivity contribution in [1.29, 1.82) is 0 Å². The Labute approximate surface area is 114 Å². The highest BCUT2D eigenvalue weighted by Gasteiger charge is 2.20. The largest absolute Gasteiger partial charge is 0.339 e. The van der Waals surface area contributed by atoms with Crippen molar-refractivity contribution in [2.24, 2.45) is 5.73 Å². The van der Waals surface area contributed by atoms with E-state index < -0.39 is 5.54 Å². The molecule has 0 fully saturated rings. The molecule has 1 amide bonds. The molecule has 0 saturated heterocycles. The van der Waals surface area contributed by atoms with Gasteiger partial charge >= 0.3 is 0 Å². The van der Waals surface area contributed by atoms with Gasteiger partial charge in [0.05, 0.1) is 0 Å². The van der Waals surface area contributed by atoms with Gasteiger partial charge in [0.1, 0.15) is 0 Å². The predicted molar refractivity (Wildman–Crippen MR) is 75.4 cm³/mol. The smallest absolute Gasteiger partial charge is 0.224 e. The fourth-order valence-corrected chi connectivity index (χ4v) is 1.95. The number of carbonyl (C=O) groups is 1. The van der Waals surface area contributed by atoms with Crippen LogP contribution in [0.3, 0.4) is 0 Å². The van der Waals surface area contributed by atoms with E-state index in [2.05, 4.69) is 0 Å². The Morgan fingerprint density at radius 3 is 2.61 bits per heavy atom. The lowest BCUT2D eigenvalue weighted by Gasteiger charge is -2.25. The first-order chi connectivity index (χ1) is 8.31. The van der Waals surface area contributed by atoms with Crippen molar-refractivity contribution >= 4 is 17.5 Å². The van der Waals surface area contributed by atoms with Crippen LogP contribution in [0.2, 0.25) is 5.02 Å². The summed E-state index contributed by atoms with van der Waals surface area (Å²) in [5.41, 5.74) is 6.44. The van der Waals surface area contributed by atoms with Crippen LogP contribution < -0.4 is 5.73 Å². The maximum Gasteiger partial charge on any atom is 0.224 e. The van der Waals surface area contributed by atoms with E-state index in [1.807, 2.05) is 45.0 Å². The first-order valence-electron chi connectivity index (χ1n) is 6.13. The summed E-state index contributed by atoms with van der Waals surface area (Å²) < 4.78 is 0. The van der Waals surface area contributed by atoms with Gasteiger partial charge in [-0.25, -0.2) is 0 Å². The molecule has 0 spiro atoms. The summed E-state index contributed by atoms with van der Waals surface area (Å²) in [6, 6.07) is 7.56. The van der Waals surface area contributed by atoms with E-state index in [0.29, 0.717) is 24.5 Å². The molecule has 0 atom stereocenters. The van der Waals surface area contributed by atoms with Crippen LogP contribution in [0.25, 0.3) is 0 Å². The van der Waals surface area contributed by atoms with Crippen molar-refractivity contribution in [3.63, 3.8) is 0 Å². The van der Waals surface area contributed by atoms with Crippen LogP contribution in [0.15, 0.2) is 24.3 Å². The summed E-state index contributed by atoms with van der Waals surface area (Å²) in [4.78, 5) is 13.9. The molecule has 0 aromatic heterocycles. The third kappa shape index (κ3) is 5.07. The topological polar surface area (TPSA) is 46.3 Å². The Morgan fingerprint density at radius 1 is 1.44 bits per heavy atom. The van der Waals surface area contributed by atoms with E-state index in [1.54, 1.807) is 4.90 Å². The molecule has 18 heavy (non-hydrogen) atoms. The summed E-state index contributed by atoms with van der Waals surface area (Å²) in [7, 11) is 0. The maximum atomic E-state index is 12.1. The maximum absolute atomic E-state index is 12.1. The van der Waals surface area contributed by atoms with E-state index in [1.165, 1.54) is 0 Å². The predicted octanol–water partition coefficient (Wildman–Crippen LogP) is 2.82. The minimum absolute atomic E-state index is 0.0741. The molecule has 0 bridgehead atoms. The average Bonchev–Trinajstić information content (AvgIpc) is 2.23. The number of benzene rings is 1. The molecule has 3 nitrogen and oxygen atoms in total. The van der Waals surface area contributed by atoms with Crippen molar-refractivity contribution in [3.05, 3.63) is 34.9 Å². The number of rotatable bonds is 5. The molecular formula is C14H21ClN2O. The van der Waals surface area contributed by atoms with Crippen LogP contribution in [0.1, 0.15) is 32.8 Å². The fraction of sp³-hybridized carbons (Fsp3) is 0.500. The quantitative estimate of drug-likeness (QED) is 0.893. The van der Waals surface area contributed by atoms with Gasteiger partial charge in [-0.1, -0.05) is 23.7 Å². The van der Waals surface area contributed by atoms with E-state index in [0.717, 1.165) is 5.56 Å². The molecule has 0 aliphatic rings. The zero-order chi connectivity index (χ0) is 13.8. The Balaban J connectivity index is 2.70. The number of halogens is 1. The summed E-state index contributed by atoms with van der Waals surface area (Å²) in [6.07, 6.45) is 0.349. The molecule has 1 aromatic carbocycles. The van der Waals surface area contributed by atoms with E-state index in [9.17, 15) is 4.79 Å². The number of nitrogens with two attached hydrogens (primary N) is 1. The highest BCUT2D eigenvalue weighted by Crippen LogP contribution is 2.14. The molecule has 0 unspecified atom stereocenters. The molecule has 1 rings (SSSR count). The second-order valence-corrected chi connectivity index (χ2v) is 5.64. The molecule has 0 aliphatic heterocycles. The van der Waals surface area contributed by atoms with Crippen molar-refractivity contribution < 1.29 is 4.79 Å². The van der Waals surface area contributed by atoms with Crippen LogP contribution in [-0.2, 0) is 11.3 Å². The van der Waals surface area contributed by atoms with Crippen molar-refractivity contribution in [2.75, 3.05) is 6.54 Å². The second kappa shape index (κ2) is 6.21. The lowest BCUT2D eigenvalue weighted by atomic mass is 10.0. The Hall–Kier alpha value is -1.06. The van der Waals surface area contributed by atoms with Crippen molar-refractivity contribution in [3.8, 4) is 0 Å². The lowest BCUT2D eigenvalue weighted by Crippen LogP contribution is -2.40. The Morgan fingerprint density at radius 2 is 2.11 bits per heavy atom. The number of carbonyl (C=O) groups excluding carboxylic acids is 1. The monoisotopic (exact) mass is 268 g/mol. The number of nitrogens with zero attached hydrogens (tertiary/aromatic N) is 1. The van der Waals surface area contributed by atoms with Crippen LogP contribution in [0.5, 0.6) is 0 Å². The Bertz CT molecular complexity index is 413. The van der Waals surface area contributed by atoms with Gasteiger partial charge in [-0.05, 0) is 38.5 Å². The SMILES string of the molecule is CCN(Cc1cccc(Cl)c1)C(=O)CC(C)(C)N. The minimum Gasteiger partial charge on any atom is -0.339 e. The van der Waals surface area contributed by atoms with E-state index >= 15 is 0 Å². The summed E-state index contributed by atoms with van der Waals surface area (Å²) in [5, 5.41) is 0.690. The molecule has 100 valence electrons. The third-order valence-corrected chi connectivity index (χ3v) is 2.84. The molecule has 2 N–H and O–H groups in total. The van der Waals surface area contributed by atoms with Gasteiger partial charge in [0, 0.05) is 30.1 Å². The van der Waals surface area contributed by atoms with Crippen LogP contribution in [0, 0.1) is 0 Å². The molecular weight excluding hydrogens is 248 g/mol. The number of amides is 1. The molecule has 4 heteroatoms. The lowest BCUT2D eigenvalue weighted by molar-refractivity contribution is -0.132. The normalized spacial score (nSPS) is 11.4. The van der Waals surface area contributed by atoms with Crippen LogP contribution in [0.4, 0.5) is 0 Å². The Kier molecular flexibility index (Phi) is 5.17. The standard InChI is InChI=1S/C14H21ClN2O/c1-4-17(13(18)9-14(2,3)16)10-11-6-5-7-12(15)8-11/h5-8H,4,9-10,16H2,1-3H3. The number of hydrogen-bond acceptors (Lipinski definition) is 2. The first kappa shape index (κ1) is 15.0. The summed E-state index contributed by atoms with van der Waals surface area (Å²) in [6.45, 7) is 6.93. The molecule has 0 aliphatic carbocycles. The molecule has 0 heterocycles. The van der Waals surface area contributed by atoms with Gasteiger partial charge < -0.3 is 10.6 Å². The zero-order valence-corrected chi connectivity index (χ0v) is 12.0. The highest BCUT2D eigenvalue weighted by atomic mass is 35.5. The second-order valence-electron chi connectivity index (χ2n) is 5.20. The van der Waals surface area contributed by atoms with Crippen molar-refractivity contribution in [2.45, 2.75) is 39.3 Å². The van der Waals surface area contributed by atoms with Crippen molar-refractivity contribution in [1.82, 2.24) is 4.90 Å². The number of hydrogen-bond donors (Lipinski definition) is 1. The third-order valence-electron chi connectivity index (χ3n) is 2.60. The van der Waals surface area contributed by atoms with Crippen LogP contribution >= 0.6 is 11.6 Å². The van der Waals surface area contributed by atoms with Crippen LogP contribution in [-0.4, -0.2) is 22.9 Å². The zero-order valence-electron chi connectivity index (χ0n) is 11.2. The van der Waals surface area contributed by atoms with E-state index in [4.69, 9.17) is 17.3 Å². The molecule has 0 radical (unpaired) electrons. The minimum atomic E-state index is -0.473. The first-order valence-corrected chi connectivity index (χ1v) is 6.50. The van der Waals surface area contributed by atoms with Gasteiger partial charge in [-0.3, -0.25) is 4.79 Å². The molecule has 0 saturated carbocycles. The summed E-state index contributed by atoms with van der Waals surface area (Å²) >= 11 is 5.93. The van der Waals surface area contributed by atoms with Gasteiger partial charge in [0.2, 0.25) is 5.91 Å². The van der Waals surface area contributed by atoms with E-state index in [-0.39, 0.29) is 5.91 Å². The summed E-state index contributed by atoms with van der Waals surface area (Å²) in [5.74, 6) is 0.0741. The van der Waals surface area contributed by atoms with Gasteiger partial charge in [0.25, 0.3) is 0 Å². The van der Waals surface area contributed by atoms with Gasteiger partial charge in [-0.2, -0.15) is 0 Å². The fourth-order valence-electron chi connectivity index (χ4n) is 1.73. The highest BCUT2D eigenvalue weighted by molar-refractivity contribution is 6.30. The average molecular weight is 269 g/mol.